The van der Waals surface area contributed by atoms with Crippen molar-refractivity contribution in [3.8, 4) is 0 Å². The van der Waals surface area contributed by atoms with Gasteiger partial charge >= 0.3 is 6.09 Å². The van der Waals surface area contributed by atoms with Crippen LogP contribution in [0.2, 0.25) is 0 Å². The number of hydrogen-bond donors (Lipinski definition) is 0. The summed E-state index contributed by atoms with van der Waals surface area (Å²) in [5, 5.41) is 0. The van der Waals surface area contributed by atoms with Gasteiger partial charge in [0.1, 0.15) is 11.4 Å². The van der Waals surface area contributed by atoms with Crippen molar-refractivity contribution in [2.24, 2.45) is 0 Å². The second-order valence-corrected chi connectivity index (χ2v) is 5.88. The van der Waals surface area contributed by atoms with Gasteiger partial charge in [-0.1, -0.05) is 6.07 Å². The Bertz CT molecular complexity index is 436. The van der Waals surface area contributed by atoms with E-state index in [4.69, 9.17) is 9.47 Å². The molecule has 1 aliphatic rings. The first-order valence-electron chi connectivity index (χ1n) is 6.98. The predicted molar refractivity (Wildman–Crippen MR) is 76.8 cm³/mol. The molecule has 0 unspecified atom stereocenters. The largest absolute Gasteiger partial charge is 0.443 e. The molecular formula is C15H22N2O3. The number of amides is 1. The lowest BCUT2D eigenvalue weighted by Crippen LogP contribution is -2.46. The highest BCUT2D eigenvalue weighted by atomic mass is 16.6. The first kappa shape index (κ1) is 14.8. The molecule has 1 amide bonds. The van der Waals surface area contributed by atoms with Crippen LogP contribution in [0, 0.1) is 0 Å². The van der Waals surface area contributed by atoms with Gasteiger partial charge in [-0.15, -0.1) is 0 Å². The molecule has 0 spiro atoms. The topological polar surface area (TPSA) is 51.7 Å². The first-order valence-corrected chi connectivity index (χ1v) is 6.98. The van der Waals surface area contributed by atoms with Crippen molar-refractivity contribution in [3.63, 3.8) is 0 Å². The molecule has 20 heavy (non-hydrogen) atoms. The summed E-state index contributed by atoms with van der Waals surface area (Å²) in [6.45, 7) is 6.93. The summed E-state index contributed by atoms with van der Waals surface area (Å²) in [6, 6.07) is 5.62. The summed E-state index contributed by atoms with van der Waals surface area (Å²) in [5.41, 5.74) is -0.519. The molecule has 0 aromatic carbocycles. The van der Waals surface area contributed by atoms with Crippen LogP contribution in [0.15, 0.2) is 24.4 Å². The predicted octanol–water partition coefficient (Wildman–Crippen LogP) is 3.00. The molecule has 0 N–H and O–H groups in total. The average Bonchev–Trinajstić information content (AvgIpc) is 2.39. The van der Waals surface area contributed by atoms with Gasteiger partial charge in [0, 0.05) is 25.5 Å². The van der Waals surface area contributed by atoms with Crippen LogP contribution >= 0.6 is 0 Å². The minimum Gasteiger partial charge on any atom is -0.443 e. The van der Waals surface area contributed by atoms with Gasteiger partial charge in [0.25, 0.3) is 0 Å². The molecule has 5 heteroatoms. The van der Waals surface area contributed by atoms with Crippen LogP contribution < -0.4 is 4.90 Å². The monoisotopic (exact) mass is 278 g/mol. The first-order chi connectivity index (χ1) is 9.47. The fourth-order valence-corrected chi connectivity index (χ4v) is 2.18. The van der Waals surface area contributed by atoms with Crippen molar-refractivity contribution in [1.82, 2.24) is 4.98 Å². The standard InChI is InChI=1S/C15H22N2O3/c1-15(2,3)20-14(18)17(12-7-10-19-11-8-12)13-6-4-5-9-16-13/h4-6,9,12H,7-8,10-11H2,1-3H3. The van der Waals surface area contributed by atoms with Crippen molar-refractivity contribution in [1.29, 1.82) is 0 Å². The number of ether oxygens (including phenoxy) is 2. The van der Waals surface area contributed by atoms with E-state index in [0.717, 1.165) is 12.8 Å². The third-order valence-electron chi connectivity index (χ3n) is 3.04. The molecule has 0 bridgehead atoms. The molecule has 0 aliphatic carbocycles. The molecule has 0 atom stereocenters. The van der Waals surface area contributed by atoms with E-state index in [9.17, 15) is 4.79 Å². The maximum absolute atomic E-state index is 12.5. The van der Waals surface area contributed by atoms with Gasteiger partial charge in [-0.05, 0) is 45.7 Å². The van der Waals surface area contributed by atoms with E-state index in [1.165, 1.54) is 0 Å². The number of pyridine rings is 1. The highest BCUT2D eigenvalue weighted by Crippen LogP contribution is 2.23. The Kier molecular flexibility index (Phi) is 4.60. The molecule has 1 aliphatic heterocycles. The lowest BCUT2D eigenvalue weighted by molar-refractivity contribution is 0.0485. The number of carbonyl (C=O) groups is 1. The second-order valence-electron chi connectivity index (χ2n) is 5.88. The highest BCUT2D eigenvalue weighted by molar-refractivity contribution is 5.87. The Hall–Kier alpha value is -1.62. The lowest BCUT2D eigenvalue weighted by Gasteiger charge is -2.34. The molecule has 2 heterocycles. The van der Waals surface area contributed by atoms with Crippen molar-refractivity contribution < 1.29 is 14.3 Å². The fraction of sp³-hybridized carbons (Fsp3) is 0.600. The highest BCUT2D eigenvalue weighted by Gasteiger charge is 2.31. The van der Waals surface area contributed by atoms with E-state index in [2.05, 4.69) is 4.98 Å². The molecule has 1 aromatic heterocycles. The van der Waals surface area contributed by atoms with Gasteiger partial charge in [0.15, 0.2) is 0 Å². The quantitative estimate of drug-likeness (QED) is 0.834. The summed E-state index contributed by atoms with van der Waals surface area (Å²) in [7, 11) is 0. The van der Waals surface area contributed by atoms with Gasteiger partial charge in [-0.3, -0.25) is 4.90 Å². The number of rotatable bonds is 2. The Morgan fingerprint density at radius 1 is 1.35 bits per heavy atom. The Morgan fingerprint density at radius 2 is 2.05 bits per heavy atom. The fourth-order valence-electron chi connectivity index (χ4n) is 2.18. The third-order valence-corrected chi connectivity index (χ3v) is 3.04. The summed E-state index contributed by atoms with van der Waals surface area (Å²) in [4.78, 5) is 18.4. The minimum atomic E-state index is -0.519. The summed E-state index contributed by atoms with van der Waals surface area (Å²) >= 11 is 0. The maximum atomic E-state index is 12.5. The van der Waals surface area contributed by atoms with Gasteiger partial charge in [0.05, 0.1) is 0 Å². The lowest BCUT2D eigenvalue weighted by atomic mass is 10.1. The van der Waals surface area contributed by atoms with Crippen LogP contribution in [-0.4, -0.2) is 35.9 Å². The molecular weight excluding hydrogens is 256 g/mol. The van der Waals surface area contributed by atoms with Crippen molar-refractivity contribution in [2.45, 2.75) is 45.3 Å². The van der Waals surface area contributed by atoms with Crippen molar-refractivity contribution in [2.75, 3.05) is 18.1 Å². The minimum absolute atomic E-state index is 0.0773. The van der Waals surface area contributed by atoms with E-state index >= 15 is 0 Å². The maximum Gasteiger partial charge on any atom is 0.416 e. The van der Waals surface area contributed by atoms with Crippen molar-refractivity contribution >= 4 is 11.9 Å². The zero-order chi connectivity index (χ0) is 14.6. The molecule has 0 radical (unpaired) electrons. The number of aromatic nitrogens is 1. The van der Waals surface area contributed by atoms with Crippen LogP contribution in [0.1, 0.15) is 33.6 Å². The van der Waals surface area contributed by atoms with E-state index < -0.39 is 5.60 Å². The third kappa shape index (κ3) is 3.93. The normalized spacial score (nSPS) is 16.8. The van der Waals surface area contributed by atoms with Crippen LogP contribution in [0.25, 0.3) is 0 Å². The Labute approximate surface area is 119 Å². The zero-order valence-electron chi connectivity index (χ0n) is 12.3. The zero-order valence-corrected chi connectivity index (χ0v) is 12.3. The van der Waals surface area contributed by atoms with Gasteiger partial charge in [-0.25, -0.2) is 9.78 Å². The molecule has 2 rings (SSSR count). The van der Waals surface area contributed by atoms with Crippen LogP contribution in [0.5, 0.6) is 0 Å². The number of nitrogens with zero attached hydrogens (tertiary/aromatic N) is 2. The van der Waals surface area contributed by atoms with E-state index in [1.807, 2.05) is 39.0 Å². The number of anilines is 1. The van der Waals surface area contributed by atoms with Gasteiger partial charge in [0.2, 0.25) is 0 Å². The van der Waals surface area contributed by atoms with E-state index in [1.54, 1.807) is 11.1 Å². The number of hydrogen-bond acceptors (Lipinski definition) is 4. The Morgan fingerprint density at radius 3 is 2.60 bits per heavy atom. The number of carbonyl (C=O) groups excluding carboxylic acids is 1. The smallest absolute Gasteiger partial charge is 0.416 e. The summed E-state index contributed by atoms with van der Waals surface area (Å²) in [6.07, 6.45) is 2.94. The summed E-state index contributed by atoms with van der Waals surface area (Å²) in [5.74, 6) is 0.633. The molecule has 1 saturated heterocycles. The molecule has 110 valence electrons. The second kappa shape index (κ2) is 6.22. The average molecular weight is 278 g/mol. The van der Waals surface area contributed by atoms with Crippen LogP contribution in [0.4, 0.5) is 10.6 Å². The molecule has 1 fully saturated rings. The SMILES string of the molecule is CC(C)(C)OC(=O)N(c1ccccn1)C1CCOCC1. The Balaban J connectivity index is 2.22. The van der Waals surface area contributed by atoms with Gasteiger partial charge in [-0.2, -0.15) is 0 Å². The molecule has 5 nitrogen and oxygen atoms in total. The van der Waals surface area contributed by atoms with Crippen molar-refractivity contribution in [3.05, 3.63) is 24.4 Å². The van der Waals surface area contributed by atoms with Crippen LogP contribution in [0.3, 0.4) is 0 Å². The summed E-state index contributed by atoms with van der Waals surface area (Å²) < 4.78 is 10.9. The van der Waals surface area contributed by atoms with Crippen LogP contribution in [-0.2, 0) is 9.47 Å². The molecule has 1 aromatic rings. The molecule has 0 saturated carbocycles. The van der Waals surface area contributed by atoms with Gasteiger partial charge < -0.3 is 9.47 Å². The van der Waals surface area contributed by atoms with E-state index in [-0.39, 0.29) is 12.1 Å². The van der Waals surface area contributed by atoms with E-state index in [0.29, 0.717) is 19.0 Å².